The van der Waals surface area contributed by atoms with Crippen LogP contribution in [-0.4, -0.2) is 24.7 Å². The van der Waals surface area contributed by atoms with Crippen molar-refractivity contribution in [1.29, 1.82) is 0 Å². The molecule has 0 aliphatic heterocycles. The summed E-state index contributed by atoms with van der Waals surface area (Å²) in [6.45, 7) is 3.68. The predicted molar refractivity (Wildman–Crippen MR) is 151 cm³/mol. The molecule has 0 aliphatic rings. The van der Waals surface area contributed by atoms with Crippen LogP contribution in [0.2, 0.25) is 0 Å². The van der Waals surface area contributed by atoms with Crippen molar-refractivity contribution in [3.8, 4) is 17.1 Å². The molecule has 0 amide bonds. The Bertz CT molecular complexity index is 1690. The molecule has 0 aliphatic carbocycles. The molecule has 3 N–H and O–H groups in total. The van der Waals surface area contributed by atoms with Gasteiger partial charge in [0.1, 0.15) is 5.75 Å². The van der Waals surface area contributed by atoms with Crippen LogP contribution in [0, 0.1) is 13.8 Å². The van der Waals surface area contributed by atoms with Crippen LogP contribution in [0.1, 0.15) is 34.0 Å². The van der Waals surface area contributed by atoms with Gasteiger partial charge in [-0.25, -0.2) is 9.36 Å². The van der Waals surface area contributed by atoms with E-state index in [0.29, 0.717) is 39.5 Å². The number of aromatic nitrogens is 4. The fourth-order valence-corrected chi connectivity index (χ4v) is 5.22. The highest BCUT2D eigenvalue weighted by molar-refractivity contribution is 9.10. The van der Waals surface area contributed by atoms with Crippen molar-refractivity contribution in [2.75, 3.05) is 0 Å². The molecule has 0 bridgehead atoms. The molecule has 0 saturated heterocycles. The maximum absolute atomic E-state index is 13.8. The van der Waals surface area contributed by atoms with Crippen LogP contribution < -0.4 is 11.1 Å². The first-order valence-electron chi connectivity index (χ1n) is 11.7. The Kier molecular flexibility index (Phi) is 6.83. The second-order valence-electron chi connectivity index (χ2n) is 8.92. The quantitative estimate of drug-likeness (QED) is 0.221. The zero-order valence-electron chi connectivity index (χ0n) is 20.1. The molecule has 188 valence electrons. The Morgan fingerprint density at radius 3 is 1.84 bits per heavy atom. The third kappa shape index (κ3) is 4.76. The monoisotopic (exact) mass is 622 g/mol. The van der Waals surface area contributed by atoms with Crippen molar-refractivity contribution >= 4 is 31.9 Å². The molecule has 2 aromatic heterocycles. The number of para-hydroxylation sites is 1. The number of hydrogen-bond acceptors (Lipinski definition) is 3. The van der Waals surface area contributed by atoms with E-state index < -0.39 is 5.92 Å². The Morgan fingerprint density at radius 2 is 1.27 bits per heavy atom. The lowest BCUT2D eigenvalue weighted by Crippen LogP contribution is -2.23. The summed E-state index contributed by atoms with van der Waals surface area (Å²) >= 11 is 6.85. The van der Waals surface area contributed by atoms with E-state index in [1.807, 2.05) is 68.4 Å². The number of aryl methyl sites for hydroxylation is 2. The summed E-state index contributed by atoms with van der Waals surface area (Å²) in [6, 6.07) is 21.8. The molecule has 0 spiro atoms. The number of nitrogens with zero attached hydrogens (tertiary/aromatic N) is 2. The number of aromatic hydroxyl groups is 1. The van der Waals surface area contributed by atoms with Crippen LogP contribution >= 0.6 is 31.9 Å². The zero-order chi connectivity index (χ0) is 26.3. The van der Waals surface area contributed by atoms with Gasteiger partial charge in [0.05, 0.1) is 11.4 Å². The van der Waals surface area contributed by atoms with Gasteiger partial charge in [-0.15, -0.1) is 0 Å². The van der Waals surface area contributed by atoms with Crippen molar-refractivity contribution in [2.24, 2.45) is 0 Å². The van der Waals surface area contributed by atoms with Gasteiger partial charge in [0.25, 0.3) is 11.1 Å². The van der Waals surface area contributed by atoms with Crippen LogP contribution in [0.5, 0.6) is 5.75 Å². The minimum absolute atomic E-state index is 0.0733. The molecule has 9 heteroatoms. The van der Waals surface area contributed by atoms with E-state index in [0.717, 1.165) is 8.95 Å². The first-order chi connectivity index (χ1) is 17.7. The van der Waals surface area contributed by atoms with Gasteiger partial charge in [-0.2, -0.15) is 0 Å². The molecule has 37 heavy (non-hydrogen) atoms. The van der Waals surface area contributed by atoms with Crippen molar-refractivity contribution in [3.05, 3.63) is 131 Å². The molecule has 7 nitrogen and oxygen atoms in total. The molecule has 2 heterocycles. The largest absolute Gasteiger partial charge is 0.508 e. The van der Waals surface area contributed by atoms with Gasteiger partial charge in [0.15, 0.2) is 0 Å². The van der Waals surface area contributed by atoms with Crippen molar-refractivity contribution in [3.63, 3.8) is 0 Å². The summed E-state index contributed by atoms with van der Waals surface area (Å²) in [4.78, 5) is 27.3. The Balaban J connectivity index is 1.65. The maximum Gasteiger partial charge on any atom is 0.275 e. The van der Waals surface area contributed by atoms with E-state index >= 15 is 0 Å². The highest BCUT2D eigenvalue weighted by Crippen LogP contribution is 2.34. The third-order valence-electron chi connectivity index (χ3n) is 6.55. The predicted octanol–water partition coefficient (Wildman–Crippen LogP) is 5.87. The summed E-state index contributed by atoms with van der Waals surface area (Å²) in [5.74, 6) is -0.480. The Hall–Kier alpha value is -3.56. The number of rotatable bonds is 6. The molecule has 3 aromatic carbocycles. The molecule has 0 radical (unpaired) electrons. The lowest BCUT2D eigenvalue weighted by atomic mass is 9.85. The second kappa shape index (κ2) is 10.1. The van der Waals surface area contributed by atoms with Crippen LogP contribution in [0.3, 0.4) is 0 Å². The van der Waals surface area contributed by atoms with E-state index in [-0.39, 0.29) is 23.3 Å². The molecule has 0 fully saturated rings. The summed E-state index contributed by atoms with van der Waals surface area (Å²) in [5, 5.41) is 17.1. The first kappa shape index (κ1) is 25.1. The smallest absolute Gasteiger partial charge is 0.275 e. The standard InChI is InChI=1S/C28H24Br2N4O3/c1-16-23(27(36)33(31-16)20-11-7-18(29)8-12-20)15-24(22-5-3-4-6-25(22)35)26-17(2)32-34(28(26)37)21-13-9-19(30)10-14-21/h3-14,24,31-32,35H,15H2,1-2H3. The van der Waals surface area contributed by atoms with Crippen LogP contribution in [0.4, 0.5) is 0 Å². The summed E-state index contributed by atoms with van der Waals surface area (Å²) in [7, 11) is 0. The Labute approximate surface area is 229 Å². The topological polar surface area (TPSA) is 95.8 Å². The summed E-state index contributed by atoms with van der Waals surface area (Å²) in [5.41, 5.74) is 3.98. The van der Waals surface area contributed by atoms with Crippen LogP contribution in [-0.2, 0) is 6.42 Å². The van der Waals surface area contributed by atoms with Crippen molar-refractivity contribution in [1.82, 2.24) is 19.6 Å². The molecule has 1 unspecified atom stereocenters. The van der Waals surface area contributed by atoms with Crippen molar-refractivity contribution in [2.45, 2.75) is 26.2 Å². The number of halogens is 2. The van der Waals surface area contributed by atoms with E-state index in [4.69, 9.17) is 0 Å². The van der Waals surface area contributed by atoms with Crippen molar-refractivity contribution < 1.29 is 5.11 Å². The number of hydrogen-bond donors (Lipinski definition) is 3. The third-order valence-corrected chi connectivity index (χ3v) is 7.61. The van der Waals surface area contributed by atoms with Gasteiger partial charge in [-0.3, -0.25) is 19.8 Å². The van der Waals surface area contributed by atoms with Gasteiger partial charge in [0.2, 0.25) is 0 Å². The van der Waals surface area contributed by atoms with Crippen LogP contribution in [0.15, 0.2) is 91.3 Å². The number of phenols is 1. The van der Waals surface area contributed by atoms with Gasteiger partial charge in [0, 0.05) is 42.9 Å². The van der Waals surface area contributed by atoms with Gasteiger partial charge < -0.3 is 5.11 Å². The molecule has 1 atom stereocenters. The molecule has 0 saturated carbocycles. The van der Waals surface area contributed by atoms with Gasteiger partial charge in [-0.1, -0.05) is 50.1 Å². The first-order valence-corrected chi connectivity index (χ1v) is 13.2. The van der Waals surface area contributed by atoms with Gasteiger partial charge >= 0.3 is 0 Å². The average Bonchev–Trinajstić information content (AvgIpc) is 3.33. The second-order valence-corrected chi connectivity index (χ2v) is 10.7. The van der Waals surface area contributed by atoms with E-state index in [2.05, 4.69) is 42.1 Å². The average molecular weight is 624 g/mol. The minimum Gasteiger partial charge on any atom is -0.508 e. The number of benzene rings is 3. The zero-order valence-corrected chi connectivity index (χ0v) is 23.3. The highest BCUT2D eigenvalue weighted by atomic mass is 79.9. The lowest BCUT2D eigenvalue weighted by molar-refractivity contribution is 0.464. The summed E-state index contributed by atoms with van der Waals surface area (Å²) < 4.78 is 4.82. The van der Waals surface area contributed by atoms with Crippen LogP contribution in [0.25, 0.3) is 11.4 Å². The van der Waals surface area contributed by atoms with Gasteiger partial charge in [-0.05, 0) is 74.9 Å². The number of phenolic OH excluding ortho intramolecular Hbond substituents is 1. The number of nitrogens with one attached hydrogen (secondary N) is 2. The molecular weight excluding hydrogens is 600 g/mol. The number of aromatic amines is 2. The lowest BCUT2D eigenvalue weighted by Gasteiger charge is -2.17. The minimum atomic E-state index is -0.554. The number of H-pyrrole nitrogens is 2. The normalized spacial score (nSPS) is 12.1. The fraction of sp³-hybridized carbons (Fsp3) is 0.143. The Morgan fingerprint density at radius 1 is 0.757 bits per heavy atom. The summed E-state index contributed by atoms with van der Waals surface area (Å²) in [6.07, 6.45) is 0.233. The highest BCUT2D eigenvalue weighted by Gasteiger charge is 2.28. The molecule has 5 rings (SSSR count). The fourth-order valence-electron chi connectivity index (χ4n) is 4.69. The SMILES string of the molecule is Cc1[nH]n(-c2ccc(Br)cc2)c(=O)c1CC(c1ccccc1O)c1c(C)[nH]n(-c2ccc(Br)cc2)c1=O. The maximum atomic E-state index is 13.8. The van der Waals surface area contributed by atoms with E-state index in [1.165, 1.54) is 9.36 Å². The van der Waals surface area contributed by atoms with E-state index in [9.17, 15) is 14.7 Å². The molecular formula is C28H24Br2N4O3. The van der Waals surface area contributed by atoms with E-state index in [1.54, 1.807) is 18.2 Å². The molecule has 5 aromatic rings.